The first-order valence-corrected chi connectivity index (χ1v) is 18.8. The Hall–Kier alpha value is -6.16. The summed E-state index contributed by atoms with van der Waals surface area (Å²) in [4.78, 5) is 73.4. The van der Waals surface area contributed by atoms with Crippen molar-refractivity contribution in [2.45, 2.75) is 56.3 Å². The number of benzene rings is 3. The van der Waals surface area contributed by atoms with E-state index >= 15 is 0 Å². The fraction of sp³-hybridized carbons (Fsp3) is 0.400. The molecular weight excluding hydrogens is 718 g/mol. The number of aryl methyl sites for hydroxylation is 1. The van der Waals surface area contributed by atoms with E-state index in [4.69, 9.17) is 4.74 Å². The molecule has 2 aliphatic heterocycles. The van der Waals surface area contributed by atoms with Crippen LogP contribution in [0, 0.1) is 5.92 Å². The molecule has 56 heavy (non-hydrogen) atoms. The SMILES string of the molecule is C[C@@H](O)[C@@H]1NC(=O)COc2cccc(c2)[C@H]2CN(C(=O)c3ccc(-c4nnn(C)n4)cc3)C[C@@H]2NC(=O)[C@H](Cc2ccccc2)NC(=O)CN(CC2CC2)C1=O. The zero-order valence-corrected chi connectivity index (χ0v) is 31.2. The Labute approximate surface area is 323 Å². The van der Waals surface area contributed by atoms with E-state index in [0.717, 1.165) is 24.0 Å². The average Bonchev–Trinajstić information content (AvgIpc) is 3.75. The molecule has 3 aromatic carbocycles. The van der Waals surface area contributed by atoms with Crippen LogP contribution in [0.5, 0.6) is 5.75 Å². The minimum Gasteiger partial charge on any atom is -0.484 e. The Kier molecular flexibility index (Phi) is 11.4. The summed E-state index contributed by atoms with van der Waals surface area (Å²) in [6.07, 6.45) is 0.672. The van der Waals surface area contributed by atoms with Crippen LogP contribution in [0.1, 0.15) is 47.2 Å². The van der Waals surface area contributed by atoms with Gasteiger partial charge in [0.1, 0.15) is 17.8 Å². The minimum atomic E-state index is -1.33. The van der Waals surface area contributed by atoms with Gasteiger partial charge in [-0.25, -0.2) is 0 Å². The van der Waals surface area contributed by atoms with Gasteiger partial charge < -0.3 is 35.6 Å². The van der Waals surface area contributed by atoms with Crippen molar-refractivity contribution in [3.63, 3.8) is 0 Å². The number of rotatable bonds is 7. The molecule has 5 amide bonds. The van der Waals surface area contributed by atoms with Crippen molar-refractivity contribution in [1.29, 1.82) is 0 Å². The number of aliphatic hydroxyl groups is 1. The van der Waals surface area contributed by atoms with Crippen LogP contribution < -0.4 is 20.7 Å². The molecule has 1 aromatic heterocycles. The van der Waals surface area contributed by atoms with Crippen LogP contribution in [0.2, 0.25) is 0 Å². The molecule has 0 radical (unpaired) electrons. The molecule has 0 unspecified atom stereocenters. The number of carbonyl (C=O) groups excluding carboxylic acids is 5. The first-order chi connectivity index (χ1) is 27.0. The Morgan fingerprint density at radius 3 is 2.39 bits per heavy atom. The van der Waals surface area contributed by atoms with Gasteiger partial charge in [0.05, 0.1) is 25.7 Å². The monoisotopic (exact) mass is 763 g/mol. The molecule has 4 N–H and O–H groups in total. The number of aliphatic hydroxyl groups excluding tert-OH is 1. The maximum Gasteiger partial charge on any atom is 0.258 e. The second-order valence-electron chi connectivity index (χ2n) is 14.7. The fourth-order valence-electron chi connectivity index (χ4n) is 7.18. The zero-order valence-electron chi connectivity index (χ0n) is 31.2. The lowest BCUT2D eigenvalue weighted by atomic mass is 9.93. The molecule has 0 spiro atoms. The first-order valence-electron chi connectivity index (χ1n) is 18.8. The van der Waals surface area contributed by atoms with Crippen LogP contribution in [0.3, 0.4) is 0 Å². The number of amides is 5. The highest BCUT2D eigenvalue weighted by atomic mass is 16.5. The number of hydrogen-bond donors (Lipinski definition) is 4. The van der Waals surface area contributed by atoms with E-state index in [-0.39, 0.29) is 50.3 Å². The molecule has 3 heterocycles. The van der Waals surface area contributed by atoms with Gasteiger partial charge >= 0.3 is 0 Å². The number of ether oxygens (including phenoxy) is 1. The summed E-state index contributed by atoms with van der Waals surface area (Å²) >= 11 is 0. The molecule has 7 rings (SSSR count). The molecule has 2 bridgehead atoms. The topological polar surface area (TPSA) is 201 Å². The Bertz CT molecular complexity index is 2070. The number of fused-ring (bicyclic) bond motifs is 4. The molecule has 292 valence electrons. The lowest BCUT2D eigenvalue weighted by Gasteiger charge is -2.30. The molecular formula is C40H45N9O7. The highest BCUT2D eigenvalue weighted by Crippen LogP contribution is 2.32. The van der Waals surface area contributed by atoms with Crippen LogP contribution in [0.4, 0.5) is 0 Å². The van der Waals surface area contributed by atoms with Gasteiger partial charge in [0.25, 0.3) is 11.8 Å². The van der Waals surface area contributed by atoms with Crippen molar-refractivity contribution < 1.29 is 33.8 Å². The number of likely N-dealkylation sites (tertiary alicyclic amines) is 1. The molecule has 5 atom stereocenters. The molecule has 4 aromatic rings. The van der Waals surface area contributed by atoms with Crippen molar-refractivity contribution in [2.24, 2.45) is 13.0 Å². The van der Waals surface area contributed by atoms with E-state index in [1.807, 2.05) is 36.4 Å². The number of nitrogens with one attached hydrogen (secondary N) is 3. The average molecular weight is 764 g/mol. The van der Waals surface area contributed by atoms with Gasteiger partial charge in [-0.05, 0) is 66.3 Å². The third-order valence-corrected chi connectivity index (χ3v) is 10.3. The van der Waals surface area contributed by atoms with E-state index in [0.29, 0.717) is 22.7 Å². The maximum absolute atomic E-state index is 14.3. The predicted molar refractivity (Wildman–Crippen MR) is 202 cm³/mol. The Balaban J connectivity index is 1.19. The van der Waals surface area contributed by atoms with Crippen LogP contribution >= 0.6 is 0 Å². The molecule has 1 saturated heterocycles. The predicted octanol–water partition coefficient (Wildman–Crippen LogP) is 0.826. The molecule has 1 saturated carbocycles. The van der Waals surface area contributed by atoms with Crippen molar-refractivity contribution in [3.05, 3.63) is 95.6 Å². The summed E-state index contributed by atoms with van der Waals surface area (Å²) in [7, 11) is 1.67. The highest BCUT2D eigenvalue weighted by molar-refractivity contribution is 5.95. The summed E-state index contributed by atoms with van der Waals surface area (Å²) in [6, 6.07) is 20.3. The fourth-order valence-corrected chi connectivity index (χ4v) is 7.18. The normalized spacial score (nSPS) is 22.8. The largest absolute Gasteiger partial charge is 0.484 e. The van der Waals surface area contributed by atoms with E-state index in [2.05, 4.69) is 31.4 Å². The van der Waals surface area contributed by atoms with Gasteiger partial charge in [0.15, 0.2) is 6.61 Å². The van der Waals surface area contributed by atoms with E-state index in [9.17, 15) is 29.1 Å². The van der Waals surface area contributed by atoms with Gasteiger partial charge in [-0.15, -0.1) is 10.2 Å². The lowest BCUT2D eigenvalue weighted by Crippen LogP contribution is -2.58. The number of aromatic nitrogens is 4. The second-order valence-corrected chi connectivity index (χ2v) is 14.7. The zero-order chi connectivity index (χ0) is 39.3. The Morgan fingerprint density at radius 1 is 0.929 bits per heavy atom. The van der Waals surface area contributed by atoms with Crippen molar-refractivity contribution in [3.8, 4) is 17.1 Å². The third kappa shape index (κ3) is 9.20. The summed E-state index contributed by atoms with van der Waals surface area (Å²) in [5, 5.41) is 31.3. The van der Waals surface area contributed by atoms with E-state index < -0.39 is 54.5 Å². The number of hydrogen-bond acceptors (Lipinski definition) is 10. The molecule has 3 aliphatic rings. The molecule has 2 fully saturated rings. The maximum atomic E-state index is 14.3. The molecule has 16 heteroatoms. The van der Waals surface area contributed by atoms with Crippen molar-refractivity contribution >= 4 is 29.5 Å². The van der Waals surface area contributed by atoms with Crippen molar-refractivity contribution in [2.75, 3.05) is 32.8 Å². The van der Waals surface area contributed by atoms with Gasteiger partial charge in [-0.3, -0.25) is 24.0 Å². The molecule has 1 aliphatic carbocycles. The standard InChI is InChI=1S/C40H45N9O7/c1-24(50)36-40(55)48(19-26-11-12-26)22-34(51)41-32(17-25-7-4-3-5-8-25)38(53)42-33-21-49(20-31(33)29-9-6-10-30(18-29)56-23-35(52)43-36)39(54)28-15-13-27(14-16-28)37-44-46-47(2)45-37/h3-10,13-16,18,24,26,31-33,36,50H,11-12,17,19-23H2,1-2H3,(H,41,51)(H,42,53)(H,43,52)/t24-,31-,32+,33+,36+/m1/s1. The number of nitrogens with zero attached hydrogens (tertiary/aromatic N) is 6. The summed E-state index contributed by atoms with van der Waals surface area (Å²) in [6.45, 7) is 1.26. The van der Waals surface area contributed by atoms with Crippen LogP contribution in [0.15, 0.2) is 78.9 Å². The number of carbonyl (C=O) groups is 5. The first kappa shape index (κ1) is 38.1. The third-order valence-electron chi connectivity index (χ3n) is 10.3. The van der Waals surface area contributed by atoms with Crippen molar-refractivity contribution in [1.82, 2.24) is 46.0 Å². The smallest absolute Gasteiger partial charge is 0.258 e. The quantitative estimate of drug-likeness (QED) is 0.209. The second kappa shape index (κ2) is 16.7. The van der Waals surface area contributed by atoms with Crippen LogP contribution in [-0.2, 0) is 32.6 Å². The van der Waals surface area contributed by atoms with Gasteiger partial charge in [-0.2, -0.15) is 4.80 Å². The highest BCUT2D eigenvalue weighted by Gasteiger charge is 2.40. The van der Waals surface area contributed by atoms with Gasteiger partial charge in [0.2, 0.25) is 23.5 Å². The van der Waals surface area contributed by atoms with E-state index in [1.54, 1.807) is 54.4 Å². The van der Waals surface area contributed by atoms with Gasteiger partial charge in [0, 0.05) is 43.1 Å². The van der Waals surface area contributed by atoms with Crippen LogP contribution in [-0.4, -0.2) is 122 Å². The minimum absolute atomic E-state index is 0.164. The Morgan fingerprint density at radius 2 is 1.70 bits per heavy atom. The number of tetrazole rings is 1. The summed E-state index contributed by atoms with van der Waals surface area (Å²) in [5.41, 5.74) is 2.70. The van der Waals surface area contributed by atoms with E-state index in [1.165, 1.54) is 16.6 Å². The summed E-state index contributed by atoms with van der Waals surface area (Å²) in [5.74, 6) is -1.90. The molecule has 16 nitrogen and oxygen atoms in total. The lowest BCUT2D eigenvalue weighted by molar-refractivity contribution is -0.143. The van der Waals surface area contributed by atoms with Crippen LogP contribution in [0.25, 0.3) is 11.4 Å². The summed E-state index contributed by atoms with van der Waals surface area (Å²) < 4.78 is 5.87. The van der Waals surface area contributed by atoms with Gasteiger partial charge in [-0.1, -0.05) is 54.6 Å².